The Labute approximate surface area is 163 Å². The van der Waals surface area contributed by atoms with E-state index in [1.165, 1.54) is 29.5 Å². The van der Waals surface area contributed by atoms with E-state index in [1.54, 1.807) is 12.1 Å². The second-order valence-electron chi connectivity index (χ2n) is 7.09. The van der Waals surface area contributed by atoms with E-state index in [-0.39, 0.29) is 30.2 Å². The minimum Gasteiger partial charge on any atom is -0.456 e. The molecule has 0 heterocycles. The lowest BCUT2D eigenvalue weighted by Gasteiger charge is -2.19. The standard InChI is InChI=1S/C21H24FNO3S/c1-21(2,3)15-4-8-17(9-5-15)23-19(24)14-26-20(25)12-13-27-18-10-6-16(22)7-11-18/h4-11H,12-14H2,1-3H3,(H,23,24). The molecule has 2 aromatic rings. The minimum atomic E-state index is -0.442. The molecule has 0 unspecified atom stereocenters. The number of halogens is 1. The predicted molar refractivity (Wildman–Crippen MR) is 106 cm³/mol. The first-order valence-corrected chi connectivity index (χ1v) is 9.67. The number of rotatable bonds is 7. The lowest BCUT2D eigenvalue weighted by Crippen LogP contribution is -2.21. The quantitative estimate of drug-likeness (QED) is 0.547. The van der Waals surface area contributed by atoms with Crippen LogP contribution in [0.5, 0.6) is 0 Å². The third-order valence-electron chi connectivity index (χ3n) is 3.79. The Kier molecular flexibility index (Phi) is 7.42. The third-order valence-corrected chi connectivity index (χ3v) is 4.80. The summed E-state index contributed by atoms with van der Waals surface area (Å²) in [5, 5.41) is 2.71. The van der Waals surface area contributed by atoms with Crippen molar-refractivity contribution in [3.8, 4) is 0 Å². The molecule has 2 aromatic carbocycles. The van der Waals surface area contributed by atoms with Crippen LogP contribution in [0.4, 0.5) is 10.1 Å². The Hall–Kier alpha value is -2.34. The summed E-state index contributed by atoms with van der Waals surface area (Å²) in [6.45, 7) is 6.04. The molecular formula is C21H24FNO3S. The van der Waals surface area contributed by atoms with Crippen LogP contribution in [-0.2, 0) is 19.7 Å². The van der Waals surface area contributed by atoms with Gasteiger partial charge in [-0.15, -0.1) is 11.8 Å². The van der Waals surface area contributed by atoms with Crippen molar-refractivity contribution >= 4 is 29.3 Å². The molecule has 0 fully saturated rings. The lowest BCUT2D eigenvalue weighted by molar-refractivity contribution is -0.146. The second kappa shape index (κ2) is 9.55. The molecule has 1 N–H and O–H groups in total. The first-order valence-electron chi connectivity index (χ1n) is 8.68. The van der Waals surface area contributed by atoms with Crippen molar-refractivity contribution in [2.24, 2.45) is 0 Å². The number of anilines is 1. The Bertz CT molecular complexity index is 768. The van der Waals surface area contributed by atoms with Gasteiger partial charge in [-0.05, 0) is 47.4 Å². The number of nitrogens with one attached hydrogen (secondary N) is 1. The zero-order valence-corrected chi connectivity index (χ0v) is 16.6. The van der Waals surface area contributed by atoms with Crippen molar-refractivity contribution in [2.45, 2.75) is 37.5 Å². The van der Waals surface area contributed by atoms with Crippen molar-refractivity contribution < 1.29 is 18.7 Å². The van der Waals surface area contributed by atoms with E-state index in [0.717, 1.165) is 4.90 Å². The van der Waals surface area contributed by atoms with Crippen LogP contribution in [0.3, 0.4) is 0 Å². The summed E-state index contributed by atoms with van der Waals surface area (Å²) >= 11 is 1.43. The zero-order valence-electron chi connectivity index (χ0n) is 15.8. The highest BCUT2D eigenvalue weighted by molar-refractivity contribution is 7.99. The van der Waals surface area contributed by atoms with E-state index in [4.69, 9.17) is 4.74 Å². The molecule has 0 aliphatic rings. The maximum atomic E-state index is 12.8. The van der Waals surface area contributed by atoms with Gasteiger partial charge in [0.1, 0.15) is 5.82 Å². The number of thioether (sulfide) groups is 1. The van der Waals surface area contributed by atoms with Gasteiger partial charge in [0, 0.05) is 16.3 Å². The third kappa shape index (κ3) is 7.43. The fraction of sp³-hybridized carbons (Fsp3) is 0.333. The molecule has 0 aromatic heterocycles. The molecular weight excluding hydrogens is 365 g/mol. The van der Waals surface area contributed by atoms with Gasteiger partial charge in [0.05, 0.1) is 6.42 Å². The van der Waals surface area contributed by atoms with Crippen molar-refractivity contribution in [2.75, 3.05) is 17.7 Å². The predicted octanol–water partition coefficient (Wildman–Crippen LogP) is 4.79. The summed E-state index contributed by atoms with van der Waals surface area (Å²) in [6, 6.07) is 13.7. The Morgan fingerprint density at radius 2 is 1.67 bits per heavy atom. The van der Waals surface area contributed by atoms with Crippen LogP contribution in [0, 0.1) is 5.82 Å². The fourth-order valence-electron chi connectivity index (χ4n) is 2.25. The van der Waals surface area contributed by atoms with Gasteiger partial charge >= 0.3 is 5.97 Å². The molecule has 2 rings (SSSR count). The van der Waals surface area contributed by atoms with E-state index in [2.05, 4.69) is 26.1 Å². The smallest absolute Gasteiger partial charge is 0.307 e. The van der Waals surface area contributed by atoms with E-state index >= 15 is 0 Å². The second-order valence-corrected chi connectivity index (χ2v) is 8.26. The summed E-state index contributed by atoms with van der Waals surface area (Å²) in [4.78, 5) is 24.5. The molecule has 0 radical (unpaired) electrons. The van der Waals surface area contributed by atoms with Crippen LogP contribution < -0.4 is 5.32 Å². The Morgan fingerprint density at radius 3 is 2.26 bits per heavy atom. The van der Waals surface area contributed by atoms with E-state index in [9.17, 15) is 14.0 Å². The normalized spacial score (nSPS) is 11.1. The van der Waals surface area contributed by atoms with Crippen LogP contribution in [0.1, 0.15) is 32.8 Å². The average Bonchev–Trinajstić information content (AvgIpc) is 2.61. The van der Waals surface area contributed by atoms with Gasteiger partial charge in [0.25, 0.3) is 5.91 Å². The largest absolute Gasteiger partial charge is 0.456 e. The van der Waals surface area contributed by atoms with Crippen molar-refractivity contribution in [3.05, 3.63) is 59.9 Å². The van der Waals surface area contributed by atoms with Gasteiger partial charge in [0.2, 0.25) is 0 Å². The summed E-state index contributed by atoms with van der Waals surface area (Å²) in [5.74, 6) is -0.612. The van der Waals surface area contributed by atoms with Gasteiger partial charge in [-0.2, -0.15) is 0 Å². The number of esters is 1. The summed E-state index contributed by atoms with van der Waals surface area (Å²) in [6.07, 6.45) is 0.176. The molecule has 0 spiro atoms. The SMILES string of the molecule is CC(C)(C)c1ccc(NC(=O)COC(=O)CCSc2ccc(F)cc2)cc1. The summed E-state index contributed by atoms with van der Waals surface area (Å²) in [7, 11) is 0. The molecule has 1 amide bonds. The van der Waals surface area contributed by atoms with E-state index < -0.39 is 5.97 Å². The number of hydrogen-bond acceptors (Lipinski definition) is 4. The first kappa shape index (κ1) is 21.0. The topological polar surface area (TPSA) is 55.4 Å². The number of ether oxygens (including phenoxy) is 1. The molecule has 4 nitrogen and oxygen atoms in total. The molecule has 27 heavy (non-hydrogen) atoms. The summed E-state index contributed by atoms with van der Waals surface area (Å²) < 4.78 is 17.8. The van der Waals surface area contributed by atoms with Crippen LogP contribution in [0.25, 0.3) is 0 Å². The van der Waals surface area contributed by atoms with Crippen LogP contribution in [0.15, 0.2) is 53.4 Å². The van der Waals surface area contributed by atoms with Crippen LogP contribution in [0.2, 0.25) is 0 Å². The Morgan fingerprint density at radius 1 is 1.04 bits per heavy atom. The van der Waals surface area contributed by atoms with Gasteiger partial charge < -0.3 is 10.1 Å². The monoisotopic (exact) mass is 389 g/mol. The molecule has 0 saturated heterocycles. The number of carbonyl (C=O) groups excluding carboxylic acids is 2. The maximum absolute atomic E-state index is 12.8. The summed E-state index contributed by atoms with van der Waals surface area (Å²) in [5.41, 5.74) is 1.88. The highest BCUT2D eigenvalue weighted by Gasteiger charge is 2.13. The van der Waals surface area contributed by atoms with Gasteiger partial charge in [0.15, 0.2) is 6.61 Å². The van der Waals surface area contributed by atoms with Gasteiger partial charge in [-0.3, -0.25) is 9.59 Å². The lowest BCUT2D eigenvalue weighted by atomic mass is 9.87. The fourth-order valence-corrected chi connectivity index (χ4v) is 3.08. The number of carbonyl (C=O) groups is 2. The molecule has 0 saturated carbocycles. The van der Waals surface area contributed by atoms with E-state index in [1.807, 2.05) is 24.3 Å². The number of hydrogen-bond donors (Lipinski definition) is 1. The van der Waals surface area contributed by atoms with Crippen molar-refractivity contribution in [3.63, 3.8) is 0 Å². The molecule has 0 aliphatic heterocycles. The van der Waals surface area contributed by atoms with Crippen LogP contribution in [-0.4, -0.2) is 24.2 Å². The molecule has 0 bridgehead atoms. The highest BCUT2D eigenvalue weighted by Crippen LogP contribution is 2.23. The maximum Gasteiger partial charge on any atom is 0.307 e. The van der Waals surface area contributed by atoms with Crippen molar-refractivity contribution in [1.82, 2.24) is 0 Å². The minimum absolute atomic E-state index is 0.0456. The average molecular weight is 389 g/mol. The van der Waals surface area contributed by atoms with E-state index in [0.29, 0.717) is 11.4 Å². The van der Waals surface area contributed by atoms with Gasteiger partial charge in [-0.1, -0.05) is 32.9 Å². The zero-order chi connectivity index (χ0) is 19.9. The molecule has 0 aliphatic carbocycles. The Balaban J connectivity index is 1.68. The number of amides is 1. The number of benzene rings is 2. The van der Waals surface area contributed by atoms with Gasteiger partial charge in [-0.25, -0.2) is 4.39 Å². The molecule has 144 valence electrons. The van der Waals surface area contributed by atoms with Crippen LogP contribution >= 0.6 is 11.8 Å². The highest BCUT2D eigenvalue weighted by atomic mass is 32.2. The molecule has 6 heteroatoms. The molecule has 0 atom stereocenters. The van der Waals surface area contributed by atoms with Crippen molar-refractivity contribution in [1.29, 1.82) is 0 Å². The first-order chi connectivity index (χ1) is 12.7.